The molecule has 0 bridgehead atoms. The van der Waals surface area contributed by atoms with E-state index in [-0.39, 0.29) is 5.69 Å². The van der Waals surface area contributed by atoms with Crippen molar-refractivity contribution in [1.29, 1.82) is 0 Å². The number of benzene rings is 2. The molecule has 0 N–H and O–H groups in total. The number of non-ortho nitro benzene ring substituents is 1. The topological polar surface area (TPSA) is 67.9 Å². The van der Waals surface area contributed by atoms with Crippen molar-refractivity contribution in [2.24, 2.45) is 9.98 Å². The van der Waals surface area contributed by atoms with Gasteiger partial charge >= 0.3 is 129 Å². The Bertz CT molecular complexity index is 705. The molecule has 0 saturated heterocycles. The third-order valence-electron chi connectivity index (χ3n) is 2.74. The van der Waals surface area contributed by atoms with Gasteiger partial charge in [0.15, 0.2) is 0 Å². The molecule has 0 spiro atoms. The quantitative estimate of drug-likeness (QED) is 0.281. The first-order chi connectivity index (χ1) is 10.2. The molecule has 0 amide bonds. The Balaban J connectivity index is 2.26. The molecule has 0 aromatic heterocycles. The van der Waals surface area contributed by atoms with Gasteiger partial charge in [-0.15, -0.1) is 0 Å². The number of hydrogen-bond acceptors (Lipinski definition) is 3. The molecule has 0 atom stereocenters. The standard InChI is InChI=1S/C15H11N3O2Se/c19-18(20)14-8-6-13(7-9-14)15(17-11-21)16-10-12-4-2-1-3-5-12/h1-9H,10H2. The van der Waals surface area contributed by atoms with E-state index in [1.165, 1.54) is 12.1 Å². The molecule has 0 aliphatic carbocycles. The molecule has 0 fully saturated rings. The molecule has 2 aromatic carbocycles. The first-order valence-electron chi connectivity index (χ1n) is 6.12. The van der Waals surface area contributed by atoms with Crippen molar-refractivity contribution < 1.29 is 4.92 Å². The summed E-state index contributed by atoms with van der Waals surface area (Å²) in [7, 11) is 0. The van der Waals surface area contributed by atoms with E-state index in [2.05, 4.69) is 30.3 Å². The number of nitro benzene ring substituents is 1. The van der Waals surface area contributed by atoms with Crippen LogP contribution in [-0.4, -0.2) is 31.0 Å². The van der Waals surface area contributed by atoms with Crippen molar-refractivity contribution in [2.45, 2.75) is 6.54 Å². The van der Waals surface area contributed by atoms with Crippen molar-refractivity contribution in [2.75, 3.05) is 0 Å². The third-order valence-corrected chi connectivity index (χ3v) is 2.93. The van der Waals surface area contributed by atoms with E-state index in [1.807, 2.05) is 30.3 Å². The Hall–Kier alpha value is -2.39. The van der Waals surface area contributed by atoms with Crippen molar-refractivity contribution in [3.63, 3.8) is 0 Å². The minimum atomic E-state index is -0.437. The van der Waals surface area contributed by atoms with E-state index >= 15 is 0 Å². The Morgan fingerprint density at radius 3 is 2.38 bits per heavy atom. The summed E-state index contributed by atoms with van der Waals surface area (Å²) in [5, 5.41) is 10.7. The van der Waals surface area contributed by atoms with Crippen molar-refractivity contribution >= 4 is 31.8 Å². The van der Waals surface area contributed by atoms with E-state index in [4.69, 9.17) is 0 Å². The molecule has 0 saturated carbocycles. The third kappa shape index (κ3) is 4.29. The molecule has 0 unspecified atom stereocenters. The summed E-state index contributed by atoms with van der Waals surface area (Å²) < 4.78 is 2.58. The summed E-state index contributed by atoms with van der Waals surface area (Å²) in [5.74, 6) is 0.479. The molecular formula is C15H11N3O2Se. The fourth-order valence-electron chi connectivity index (χ4n) is 1.72. The molecule has 2 aromatic rings. The van der Waals surface area contributed by atoms with Gasteiger partial charge in [-0.2, -0.15) is 0 Å². The number of aliphatic imine (C=N–C) groups is 2. The SMILES string of the molecule is O=[N+]([O-])c1ccc(C(N=C=[Se])=NCc2ccccc2)cc1. The summed E-state index contributed by atoms with van der Waals surface area (Å²) >= 11 is 2.56. The van der Waals surface area contributed by atoms with Gasteiger partial charge in [-0.1, -0.05) is 0 Å². The average Bonchev–Trinajstić information content (AvgIpc) is 2.52. The zero-order chi connectivity index (χ0) is 15.1. The van der Waals surface area contributed by atoms with E-state index in [9.17, 15) is 10.1 Å². The molecule has 6 heteroatoms. The van der Waals surface area contributed by atoms with Gasteiger partial charge < -0.3 is 0 Å². The normalized spacial score (nSPS) is 10.8. The number of nitrogens with zero attached hydrogens (tertiary/aromatic N) is 3. The molecule has 0 aliphatic rings. The molecule has 0 radical (unpaired) electrons. The Kier molecular flexibility index (Phi) is 5.29. The van der Waals surface area contributed by atoms with Gasteiger partial charge in [0, 0.05) is 0 Å². The molecule has 104 valence electrons. The van der Waals surface area contributed by atoms with Gasteiger partial charge in [-0.25, -0.2) is 0 Å². The molecule has 5 nitrogen and oxygen atoms in total. The monoisotopic (exact) mass is 345 g/mol. The van der Waals surface area contributed by atoms with E-state index in [1.54, 1.807) is 12.1 Å². The van der Waals surface area contributed by atoms with Crippen LogP contribution in [0.5, 0.6) is 0 Å². The first kappa shape index (κ1) is 15.0. The maximum atomic E-state index is 10.7. The van der Waals surface area contributed by atoms with Crippen molar-refractivity contribution in [1.82, 2.24) is 0 Å². The van der Waals surface area contributed by atoms with Gasteiger partial charge in [-0.3, -0.25) is 0 Å². The predicted octanol–water partition coefficient (Wildman–Crippen LogP) is 2.62. The van der Waals surface area contributed by atoms with Crippen molar-refractivity contribution in [3.05, 3.63) is 75.8 Å². The number of hydrogen-bond donors (Lipinski definition) is 0. The summed E-state index contributed by atoms with van der Waals surface area (Å²) in [6, 6.07) is 15.9. The summed E-state index contributed by atoms with van der Waals surface area (Å²) in [6.07, 6.45) is 0. The zero-order valence-electron chi connectivity index (χ0n) is 11.0. The zero-order valence-corrected chi connectivity index (χ0v) is 12.7. The Morgan fingerprint density at radius 2 is 1.81 bits per heavy atom. The summed E-state index contributed by atoms with van der Waals surface area (Å²) in [5.41, 5.74) is 1.81. The summed E-state index contributed by atoms with van der Waals surface area (Å²) in [4.78, 5) is 18.7. The van der Waals surface area contributed by atoms with Crippen LogP contribution in [0.3, 0.4) is 0 Å². The van der Waals surface area contributed by atoms with Crippen LogP contribution >= 0.6 is 0 Å². The number of amidine groups is 1. The van der Waals surface area contributed by atoms with Crippen LogP contribution in [0.1, 0.15) is 11.1 Å². The summed E-state index contributed by atoms with van der Waals surface area (Å²) in [6.45, 7) is 0.484. The molecule has 0 heterocycles. The molecular weight excluding hydrogens is 333 g/mol. The van der Waals surface area contributed by atoms with Gasteiger partial charge in [0.05, 0.1) is 0 Å². The Morgan fingerprint density at radius 1 is 1.14 bits per heavy atom. The Labute approximate surface area is 129 Å². The second-order valence-electron chi connectivity index (χ2n) is 4.13. The second kappa shape index (κ2) is 7.41. The molecule has 2 rings (SSSR count). The van der Waals surface area contributed by atoms with Gasteiger partial charge in [-0.05, 0) is 0 Å². The van der Waals surface area contributed by atoms with E-state index in [0.29, 0.717) is 17.9 Å². The van der Waals surface area contributed by atoms with Crippen LogP contribution in [0.25, 0.3) is 0 Å². The molecule has 0 aliphatic heterocycles. The van der Waals surface area contributed by atoms with Crippen LogP contribution in [0.2, 0.25) is 0 Å². The predicted molar refractivity (Wildman–Crippen MR) is 83.0 cm³/mol. The van der Waals surface area contributed by atoms with Crippen LogP contribution in [0, 0.1) is 10.1 Å². The van der Waals surface area contributed by atoms with Crippen LogP contribution < -0.4 is 0 Å². The number of nitro groups is 1. The van der Waals surface area contributed by atoms with E-state index < -0.39 is 4.92 Å². The fraction of sp³-hybridized carbons (Fsp3) is 0.0667. The maximum absolute atomic E-state index is 10.7. The minimum absolute atomic E-state index is 0.0391. The van der Waals surface area contributed by atoms with E-state index in [0.717, 1.165) is 5.56 Å². The number of rotatable bonds is 4. The van der Waals surface area contributed by atoms with Crippen molar-refractivity contribution in [3.8, 4) is 0 Å². The average molecular weight is 344 g/mol. The van der Waals surface area contributed by atoms with Crippen LogP contribution in [0.4, 0.5) is 5.69 Å². The van der Waals surface area contributed by atoms with Crippen LogP contribution in [0.15, 0.2) is 64.6 Å². The second-order valence-corrected chi connectivity index (χ2v) is 4.52. The first-order valence-corrected chi connectivity index (χ1v) is 6.97. The van der Waals surface area contributed by atoms with Gasteiger partial charge in [0.2, 0.25) is 0 Å². The van der Waals surface area contributed by atoms with Gasteiger partial charge in [0.25, 0.3) is 0 Å². The fourth-order valence-corrected chi connectivity index (χ4v) is 1.90. The molecule has 21 heavy (non-hydrogen) atoms. The van der Waals surface area contributed by atoms with Crippen LogP contribution in [-0.2, 0) is 6.54 Å². The van der Waals surface area contributed by atoms with Gasteiger partial charge in [0.1, 0.15) is 0 Å².